The van der Waals surface area contributed by atoms with E-state index in [0.29, 0.717) is 5.92 Å². The monoisotopic (exact) mass is 287 g/mol. The Balaban J connectivity index is 1.67. The lowest BCUT2D eigenvalue weighted by Gasteiger charge is -2.34. The van der Waals surface area contributed by atoms with E-state index in [-0.39, 0.29) is 11.6 Å². The third kappa shape index (κ3) is 4.08. The molecule has 1 aliphatic heterocycles. The van der Waals surface area contributed by atoms with Crippen molar-refractivity contribution in [2.24, 2.45) is 5.92 Å². The van der Waals surface area contributed by atoms with E-state index in [4.69, 9.17) is 4.74 Å². The Morgan fingerprint density at radius 1 is 1.05 bits per heavy atom. The van der Waals surface area contributed by atoms with Crippen LogP contribution in [0.4, 0.5) is 0 Å². The van der Waals surface area contributed by atoms with Gasteiger partial charge < -0.3 is 10.1 Å². The highest BCUT2D eigenvalue weighted by molar-refractivity contribution is 5.29. The summed E-state index contributed by atoms with van der Waals surface area (Å²) in [5, 5.41) is 3.65. The molecule has 116 valence electrons. The normalized spacial score (nSPS) is 26.8. The standard InChI is InChI=1S/C19H29NO/c1-19(2,3)20-13-17-5-4-12-21-18(17)16-10-8-15(9-11-16)14-6-7-14/h8-11,14,17-18,20H,4-7,12-13H2,1-3H3. The Kier molecular flexibility index (Phi) is 4.37. The minimum atomic E-state index is 0.178. The van der Waals surface area contributed by atoms with Crippen LogP contribution in [-0.2, 0) is 4.74 Å². The largest absolute Gasteiger partial charge is 0.373 e. The van der Waals surface area contributed by atoms with E-state index in [1.165, 1.54) is 36.8 Å². The van der Waals surface area contributed by atoms with Gasteiger partial charge in [-0.15, -0.1) is 0 Å². The molecule has 1 aromatic carbocycles. The zero-order chi connectivity index (χ0) is 14.9. The highest BCUT2D eigenvalue weighted by Gasteiger charge is 2.29. The van der Waals surface area contributed by atoms with Crippen LogP contribution in [0.5, 0.6) is 0 Å². The fraction of sp³-hybridized carbons (Fsp3) is 0.684. The molecular formula is C19H29NO. The van der Waals surface area contributed by atoms with Crippen molar-refractivity contribution in [2.45, 2.75) is 64.0 Å². The lowest BCUT2D eigenvalue weighted by Crippen LogP contribution is -2.41. The number of rotatable bonds is 4. The van der Waals surface area contributed by atoms with Gasteiger partial charge in [-0.25, -0.2) is 0 Å². The van der Waals surface area contributed by atoms with Gasteiger partial charge >= 0.3 is 0 Å². The van der Waals surface area contributed by atoms with Gasteiger partial charge in [-0.2, -0.15) is 0 Å². The molecule has 0 amide bonds. The molecule has 2 heteroatoms. The molecule has 0 radical (unpaired) electrons. The predicted molar refractivity (Wildman–Crippen MR) is 87.6 cm³/mol. The van der Waals surface area contributed by atoms with E-state index in [2.05, 4.69) is 50.4 Å². The predicted octanol–water partition coefficient (Wildman–Crippen LogP) is 4.42. The summed E-state index contributed by atoms with van der Waals surface area (Å²) in [5.41, 5.74) is 3.05. The van der Waals surface area contributed by atoms with Gasteiger partial charge in [-0.3, -0.25) is 0 Å². The second-order valence-electron chi connectivity index (χ2n) is 7.77. The summed E-state index contributed by atoms with van der Waals surface area (Å²) < 4.78 is 6.12. The molecule has 2 nitrogen and oxygen atoms in total. The molecule has 1 N–H and O–H groups in total. The highest BCUT2D eigenvalue weighted by atomic mass is 16.5. The van der Waals surface area contributed by atoms with Gasteiger partial charge in [0.1, 0.15) is 0 Å². The lowest BCUT2D eigenvalue weighted by atomic mass is 9.88. The van der Waals surface area contributed by atoms with Gasteiger partial charge in [0.2, 0.25) is 0 Å². The van der Waals surface area contributed by atoms with Crippen LogP contribution in [0.25, 0.3) is 0 Å². The zero-order valence-electron chi connectivity index (χ0n) is 13.7. The van der Waals surface area contributed by atoms with Gasteiger partial charge in [0.25, 0.3) is 0 Å². The molecule has 2 unspecified atom stereocenters. The molecule has 3 rings (SSSR count). The Bertz CT molecular complexity index is 455. The fourth-order valence-electron chi connectivity index (χ4n) is 3.23. The Hall–Kier alpha value is -0.860. The van der Waals surface area contributed by atoms with Crippen LogP contribution in [0.1, 0.15) is 69.6 Å². The first kappa shape index (κ1) is 15.1. The average molecular weight is 287 g/mol. The maximum absolute atomic E-state index is 6.12. The Morgan fingerprint density at radius 2 is 1.71 bits per heavy atom. The zero-order valence-corrected chi connectivity index (χ0v) is 13.7. The molecule has 2 aliphatic rings. The van der Waals surface area contributed by atoms with Crippen LogP contribution in [0.2, 0.25) is 0 Å². The minimum Gasteiger partial charge on any atom is -0.373 e. The molecule has 2 fully saturated rings. The molecule has 0 bridgehead atoms. The van der Waals surface area contributed by atoms with Gasteiger partial charge in [0, 0.05) is 24.6 Å². The van der Waals surface area contributed by atoms with Crippen LogP contribution in [0, 0.1) is 5.92 Å². The molecule has 2 atom stereocenters. The first-order valence-electron chi connectivity index (χ1n) is 8.49. The van der Waals surface area contributed by atoms with E-state index in [1.807, 2.05) is 0 Å². The lowest BCUT2D eigenvalue weighted by molar-refractivity contribution is -0.0292. The number of nitrogens with one attached hydrogen (secondary N) is 1. The second kappa shape index (κ2) is 6.10. The minimum absolute atomic E-state index is 0.178. The number of hydrogen-bond donors (Lipinski definition) is 1. The van der Waals surface area contributed by atoms with Crippen LogP contribution in [0.3, 0.4) is 0 Å². The SMILES string of the molecule is CC(C)(C)NCC1CCCOC1c1ccc(C2CC2)cc1. The number of ether oxygens (including phenoxy) is 1. The van der Waals surface area contributed by atoms with Crippen LogP contribution in [-0.4, -0.2) is 18.7 Å². The Labute approximate surface area is 129 Å². The van der Waals surface area contributed by atoms with E-state index < -0.39 is 0 Å². The van der Waals surface area contributed by atoms with Crippen molar-refractivity contribution >= 4 is 0 Å². The topological polar surface area (TPSA) is 21.3 Å². The Morgan fingerprint density at radius 3 is 2.33 bits per heavy atom. The van der Waals surface area contributed by atoms with Crippen LogP contribution >= 0.6 is 0 Å². The van der Waals surface area contributed by atoms with Gasteiger partial charge in [0.05, 0.1) is 6.10 Å². The summed E-state index contributed by atoms with van der Waals surface area (Å²) in [6.07, 6.45) is 5.46. The number of benzene rings is 1. The van der Waals surface area contributed by atoms with Gasteiger partial charge in [-0.1, -0.05) is 24.3 Å². The van der Waals surface area contributed by atoms with Crippen molar-refractivity contribution in [3.63, 3.8) is 0 Å². The molecular weight excluding hydrogens is 258 g/mol. The average Bonchev–Trinajstić information content (AvgIpc) is 3.30. The van der Waals surface area contributed by atoms with E-state index in [9.17, 15) is 0 Å². The molecule has 1 saturated carbocycles. The van der Waals surface area contributed by atoms with E-state index in [1.54, 1.807) is 0 Å². The maximum atomic E-state index is 6.12. The smallest absolute Gasteiger partial charge is 0.0865 e. The third-order valence-corrected chi connectivity index (χ3v) is 4.65. The first-order valence-corrected chi connectivity index (χ1v) is 8.49. The van der Waals surface area contributed by atoms with Crippen molar-refractivity contribution in [2.75, 3.05) is 13.2 Å². The van der Waals surface area contributed by atoms with Gasteiger partial charge in [-0.05, 0) is 63.5 Å². The molecule has 21 heavy (non-hydrogen) atoms. The van der Waals surface area contributed by atoms with E-state index in [0.717, 1.165) is 19.1 Å². The van der Waals surface area contributed by atoms with Gasteiger partial charge in [0.15, 0.2) is 0 Å². The van der Waals surface area contributed by atoms with Crippen LogP contribution < -0.4 is 5.32 Å². The first-order chi connectivity index (χ1) is 10.0. The summed E-state index contributed by atoms with van der Waals surface area (Å²) >= 11 is 0. The molecule has 1 saturated heterocycles. The molecule has 0 spiro atoms. The summed E-state index contributed by atoms with van der Waals surface area (Å²) in [7, 11) is 0. The molecule has 1 heterocycles. The summed E-state index contributed by atoms with van der Waals surface area (Å²) in [4.78, 5) is 0. The van der Waals surface area contributed by atoms with Crippen molar-refractivity contribution < 1.29 is 4.74 Å². The van der Waals surface area contributed by atoms with Crippen molar-refractivity contribution in [3.05, 3.63) is 35.4 Å². The maximum Gasteiger partial charge on any atom is 0.0865 e. The van der Waals surface area contributed by atoms with Crippen LogP contribution in [0.15, 0.2) is 24.3 Å². The molecule has 0 aromatic heterocycles. The molecule has 1 aromatic rings. The number of hydrogen-bond acceptors (Lipinski definition) is 2. The fourth-order valence-corrected chi connectivity index (χ4v) is 3.23. The third-order valence-electron chi connectivity index (χ3n) is 4.65. The molecule has 1 aliphatic carbocycles. The summed E-state index contributed by atoms with van der Waals surface area (Å²) in [5.74, 6) is 1.43. The van der Waals surface area contributed by atoms with E-state index >= 15 is 0 Å². The van der Waals surface area contributed by atoms with Crippen molar-refractivity contribution in [3.8, 4) is 0 Å². The highest BCUT2D eigenvalue weighted by Crippen LogP contribution is 2.41. The quantitative estimate of drug-likeness (QED) is 0.885. The second-order valence-corrected chi connectivity index (χ2v) is 7.77. The van der Waals surface area contributed by atoms with Crippen molar-refractivity contribution in [1.29, 1.82) is 0 Å². The summed E-state index contributed by atoms with van der Waals surface area (Å²) in [6.45, 7) is 8.64. The van der Waals surface area contributed by atoms with Crippen molar-refractivity contribution in [1.82, 2.24) is 5.32 Å². The summed E-state index contributed by atoms with van der Waals surface area (Å²) in [6, 6.07) is 9.24.